The van der Waals surface area contributed by atoms with Crippen molar-refractivity contribution in [3.63, 3.8) is 0 Å². The second kappa shape index (κ2) is 6.15. The second-order valence-corrected chi connectivity index (χ2v) is 5.14. The fourth-order valence-corrected chi connectivity index (χ4v) is 2.47. The third-order valence-electron chi connectivity index (χ3n) is 3.84. The largest absolute Gasteiger partial charge is 0.313 e. The van der Waals surface area contributed by atoms with Gasteiger partial charge in [0.25, 0.3) is 0 Å². The fourth-order valence-electron chi connectivity index (χ4n) is 2.47. The van der Waals surface area contributed by atoms with Gasteiger partial charge in [-0.15, -0.1) is 10.2 Å². The van der Waals surface area contributed by atoms with E-state index < -0.39 is 0 Å². The molecule has 2 rings (SSSR count). The molecule has 0 radical (unpaired) electrons. The molecule has 0 aliphatic heterocycles. The zero-order valence-corrected chi connectivity index (χ0v) is 11.0. The van der Waals surface area contributed by atoms with E-state index in [0.717, 1.165) is 18.8 Å². The Hall–Kier alpha value is -0.900. The molecule has 1 aromatic heterocycles. The molecule has 0 bridgehead atoms. The molecule has 1 aliphatic rings. The minimum Gasteiger partial charge on any atom is -0.313 e. The van der Waals surface area contributed by atoms with E-state index in [1.807, 2.05) is 6.33 Å². The summed E-state index contributed by atoms with van der Waals surface area (Å²) in [6, 6.07) is 1.18. The number of nitrogens with zero attached hydrogens (tertiary/aromatic N) is 3. The van der Waals surface area contributed by atoms with Crippen molar-refractivity contribution in [2.24, 2.45) is 0 Å². The molecular formula is C13H24N4. The molecule has 96 valence electrons. The van der Waals surface area contributed by atoms with Crippen molar-refractivity contribution in [3.8, 4) is 0 Å². The maximum absolute atomic E-state index is 4.25. The lowest BCUT2D eigenvalue weighted by Gasteiger charge is -2.24. The summed E-state index contributed by atoms with van der Waals surface area (Å²) in [5, 5.41) is 11.8. The predicted molar refractivity (Wildman–Crippen MR) is 68.7 cm³/mol. The zero-order chi connectivity index (χ0) is 12.1. The molecule has 1 heterocycles. The van der Waals surface area contributed by atoms with Crippen LogP contribution in [-0.4, -0.2) is 20.8 Å². The Kier molecular flexibility index (Phi) is 4.54. The first-order valence-electron chi connectivity index (χ1n) is 6.93. The van der Waals surface area contributed by atoms with E-state index >= 15 is 0 Å². The highest BCUT2D eigenvalue weighted by Crippen LogP contribution is 2.28. The van der Waals surface area contributed by atoms with Crippen molar-refractivity contribution in [1.29, 1.82) is 0 Å². The first kappa shape index (κ1) is 12.6. The Bertz CT molecular complexity index is 328. The van der Waals surface area contributed by atoms with Crippen LogP contribution >= 0.6 is 0 Å². The van der Waals surface area contributed by atoms with E-state index in [4.69, 9.17) is 0 Å². The lowest BCUT2D eigenvalue weighted by Crippen LogP contribution is -2.27. The molecule has 0 spiro atoms. The molecule has 1 N–H and O–H groups in total. The van der Waals surface area contributed by atoms with Gasteiger partial charge in [0.1, 0.15) is 12.2 Å². The summed E-state index contributed by atoms with van der Waals surface area (Å²) in [7, 11) is 0. The Morgan fingerprint density at radius 2 is 2.18 bits per heavy atom. The van der Waals surface area contributed by atoms with Crippen LogP contribution in [0.2, 0.25) is 0 Å². The lowest BCUT2D eigenvalue weighted by atomic mass is 9.95. The highest BCUT2D eigenvalue weighted by Gasteiger charge is 2.18. The van der Waals surface area contributed by atoms with Gasteiger partial charge in [-0.05, 0) is 26.2 Å². The van der Waals surface area contributed by atoms with Gasteiger partial charge in [-0.2, -0.15) is 0 Å². The monoisotopic (exact) mass is 236 g/mol. The summed E-state index contributed by atoms with van der Waals surface area (Å²) in [5.41, 5.74) is 0. The van der Waals surface area contributed by atoms with E-state index in [-0.39, 0.29) is 0 Å². The smallest absolute Gasteiger partial charge is 0.147 e. The van der Waals surface area contributed by atoms with Crippen LogP contribution in [0.25, 0.3) is 0 Å². The summed E-state index contributed by atoms with van der Waals surface area (Å²) in [6.07, 6.45) is 9.71. The fraction of sp³-hybridized carbons (Fsp3) is 0.846. The first-order valence-corrected chi connectivity index (χ1v) is 6.93. The van der Waals surface area contributed by atoms with Crippen LogP contribution in [0.5, 0.6) is 0 Å². The van der Waals surface area contributed by atoms with E-state index in [1.54, 1.807) is 0 Å². The number of nitrogens with one attached hydrogen (secondary N) is 1. The van der Waals surface area contributed by atoms with Crippen LogP contribution < -0.4 is 5.32 Å². The van der Waals surface area contributed by atoms with E-state index in [1.165, 1.54) is 32.1 Å². The van der Waals surface area contributed by atoms with Gasteiger partial charge in [-0.1, -0.05) is 26.2 Å². The highest BCUT2D eigenvalue weighted by molar-refractivity contribution is 4.90. The zero-order valence-electron chi connectivity index (χ0n) is 11.0. The van der Waals surface area contributed by atoms with Gasteiger partial charge in [0.15, 0.2) is 0 Å². The first-order chi connectivity index (χ1) is 8.31. The summed E-state index contributed by atoms with van der Waals surface area (Å²) in [6.45, 7) is 5.25. The van der Waals surface area contributed by atoms with Gasteiger partial charge in [0.05, 0.1) is 6.54 Å². The van der Waals surface area contributed by atoms with Crippen LogP contribution in [0.15, 0.2) is 6.33 Å². The summed E-state index contributed by atoms with van der Waals surface area (Å²) < 4.78 is 2.29. The van der Waals surface area contributed by atoms with Gasteiger partial charge in [-0.25, -0.2) is 0 Å². The van der Waals surface area contributed by atoms with Gasteiger partial charge in [-0.3, -0.25) is 0 Å². The van der Waals surface area contributed by atoms with Gasteiger partial charge >= 0.3 is 0 Å². The van der Waals surface area contributed by atoms with Gasteiger partial charge < -0.3 is 9.88 Å². The van der Waals surface area contributed by atoms with Crippen molar-refractivity contribution >= 4 is 0 Å². The molecule has 1 aromatic rings. The predicted octanol–water partition coefficient (Wildman–Crippen LogP) is 2.67. The van der Waals surface area contributed by atoms with Crippen LogP contribution in [-0.2, 0) is 6.54 Å². The van der Waals surface area contributed by atoms with Crippen LogP contribution in [0, 0.1) is 0 Å². The number of hydrogen-bond acceptors (Lipinski definition) is 3. The van der Waals surface area contributed by atoms with Crippen LogP contribution in [0.4, 0.5) is 0 Å². The van der Waals surface area contributed by atoms with Crippen molar-refractivity contribution in [2.45, 2.75) is 71.0 Å². The molecule has 4 nitrogen and oxygen atoms in total. The standard InChI is InChI=1S/C13H24N4/c1-3-11(2)14-9-13-16-15-10-17(13)12-7-5-4-6-8-12/h10-12,14H,3-9H2,1-2H3. The van der Waals surface area contributed by atoms with Crippen molar-refractivity contribution in [2.75, 3.05) is 0 Å². The normalized spacial score (nSPS) is 19.4. The molecule has 17 heavy (non-hydrogen) atoms. The Morgan fingerprint density at radius 1 is 1.41 bits per heavy atom. The van der Waals surface area contributed by atoms with Gasteiger partial charge in [0.2, 0.25) is 0 Å². The SMILES string of the molecule is CCC(C)NCc1nncn1C1CCCCC1. The molecular weight excluding hydrogens is 212 g/mol. The number of rotatable bonds is 5. The maximum atomic E-state index is 4.25. The highest BCUT2D eigenvalue weighted by atomic mass is 15.3. The molecule has 1 fully saturated rings. The Balaban J connectivity index is 1.95. The molecule has 1 atom stereocenters. The second-order valence-electron chi connectivity index (χ2n) is 5.14. The molecule has 1 aliphatic carbocycles. The van der Waals surface area contributed by atoms with Crippen LogP contribution in [0.3, 0.4) is 0 Å². The quantitative estimate of drug-likeness (QED) is 0.854. The minimum atomic E-state index is 0.548. The third kappa shape index (κ3) is 3.28. The van der Waals surface area contributed by atoms with Crippen molar-refractivity contribution in [3.05, 3.63) is 12.2 Å². The number of hydrogen-bond donors (Lipinski definition) is 1. The minimum absolute atomic E-state index is 0.548. The Morgan fingerprint density at radius 3 is 2.88 bits per heavy atom. The lowest BCUT2D eigenvalue weighted by molar-refractivity contribution is 0.341. The molecule has 1 unspecified atom stereocenters. The van der Waals surface area contributed by atoms with E-state index in [2.05, 4.69) is 33.9 Å². The van der Waals surface area contributed by atoms with E-state index in [0.29, 0.717) is 12.1 Å². The van der Waals surface area contributed by atoms with Gasteiger partial charge in [0, 0.05) is 12.1 Å². The van der Waals surface area contributed by atoms with E-state index in [9.17, 15) is 0 Å². The summed E-state index contributed by atoms with van der Waals surface area (Å²) in [5.74, 6) is 1.09. The number of aromatic nitrogens is 3. The summed E-state index contributed by atoms with van der Waals surface area (Å²) >= 11 is 0. The van der Waals surface area contributed by atoms with Crippen LogP contribution in [0.1, 0.15) is 64.2 Å². The van der Waals surface area contributed by atoms with Crippen molar-refractivity contribution in [1.82, 2.24) is 20.1 Å². The molecule has 0 aromatic carbocycles. The molecule has 0 amide bonds. The maximum Gasteiger partial charge on any atom is 0.147 e. The molecule has 4 heteroatoms. The van der Waals surface area contributed by atoms with Crippen molar-refractivity contribution < 1.29 is 0 Å². The topological polar surface area (TPSA) is 42.7 Å². The summed E-state index contributed by atoms with van der Waals surface area (Å²) in [4.78, 5) is 0. The third-order valence-corrected chi connectivity index (χ3v) is 3.84. The average molecular weight is 236 g/mol. The average Bonchev–Trinajstić information content (AvgIpc) is 2.85. The molecule has 0 saturated heterocycles. The Labute approximate surface area is 104 Å². The molecule has 1 saturated carbocycles.